The minimum atomic E-state index is -0.111. The van der Waals surface area contributed by atoms with E-state index in [-0.39, 0.29) is 6.03 Å². The Morgan fingerprint density at radius 3 is 2.96 bits per heavy atom. The molecule has 0 saturated carbocycles. The van der Waals surface area contributed by atoms with Crippen molar-refractivity contribution < 1.29 is 9.32 Å². The minimum Gasteiger partial charge on any atom is -0.361 e. The number of aryl methyl sites for hydroxylation is 2. The molecule has 7 heteroatoms. The number of carbonyl (C=O) groups is 1. The molecular weight excluding hydrogens is 324 g/mol. The molecular formula is C17H20N4O2S. The van der Waals surface area contributed by atoms with Gasteiger partial charge in [-0.1, -0.05) is 17.3 Å². The fourth-order valence-corrected chi connectivity index (χ4v) is 3.41. The number of nitrogens with one attached hydrogen (secondary N) is 1. The molecule has 0 aliphatic rings. The SMILES string of the molecule is Cc1cc(CN(C)C(=O)NCCCc2nc3ccccc3s2)no1. The molecule has 0 spiro atoms. The second kappa shape index (κ2) is 7.44. The fourth-order valence-electron chi connectivity index (χ4n) is 2.40. The maximum absolute atomic E-state index is 12.0. The van der Waals surface area contributed by atoms with Gasteiger partial charge in [0.25, 0.3) is 0 Å². The highest BCUT2D eigenvalue weighted by molar-refractivity contribution is 7.18. The number of urea groups is 1. The second-order valence-electron chi connectivity index (χ2n) is 5.70. The number of amides is 2. The molecule has 3 aromatic rings. The van der Waals surface area contributed by atoms with E-state index in [1.807, 2.05) is 31.2 Å². The number of rotatable bonds is 6. The second-order valence-corrected chi connectivity index (χ2v) is 6.81. The molecule has 0 fully saturated rings. The number of hydrogen-bond acceptors (Lipinski definition) is 5. The van der Waals surface area contributed by atoms with Gasteiger partial charge in [0.2, 0.25) is 0 Å². The number of nitrogens with zero attached hydrogens (tertiary/aromatic N) is 3. The van der Waals surface area contributed by atoms with Gasteiger partial charge in [0.05, 0.1) is 21.8 Å². The lowest BCUT2D eigenvalue weighted by atomic mass is 10.3. The van der Waals surface area contributed by atoms with Crippen molar-refractivity contribution in [3.63, 3.8) is 0 Å². The van der Waals surface area contributed by atoms with Crippen LogP contribution in [0.1, 0.15) is 22.9 Å². The number of para-hydroxylation sites is 1. The fraction of sp³-hybridized carbons (Fsp3) is 0.353. The summed E-state index contributed by atoms with van der Waals surface area (Å²) in [5.41, 5.74) is 1.80. The largest absolute Gasteiger partial charge is 0.361 e. The molecule has 6 nitrogen and oxygen atoms in total. The molecule has 0 radical (unpaired) electrons. The average molecular weight is 344 g/mol. The highest BCUT2D eigenvalue weighted by Gasteiger charge is 2.11. The van der Waals surface area contributed by atoms with Crippen molar-refractivity contribution in [2.24, 2.45) is 0 Å². The van der Waals surface area contributed by atoms with E-state index in [9.17, 15) is 4.79 Å². The van der Waals surface area contributed by atoms with Crippen LogP contribution >= 0.6 is 11.3 Å². The van der Waals surface area contributed by atoms with Crippen molar-refractivity contribution >= 4 is 27.6 Å². The third kappa shape index (κ3) is 4.11. The average Bonchev–Trinajstić information content (AvgIpc) is 3.16. The standard InChI is InChI=1S/C17H20N4O2S/c1-12-10-13(20-23-12)11-21(2)17(22)18-9-5-8-16-19-14-6-3-4-7-15(14)24-16/h3-4,6-7,10H,5,8-9,11H2,1-2H3,(H,18,22). The topological polar surface area (TPSA) is 71.3 Å². The smallest absolute Gasteiger partial charge is 0.317 e. The Morgan fingerprint density at radius 1 is 1.38 bits per heavy atom. The first-order valence-electron chi connectivity index (χ1n) is 7.87. The summed E-state index contributed by atoms with van der Waals surface area (Å²) >= 11 is 1.71. The molecule has 126 valence electrons. The third-order valence-corrected chi connectivity index (χ3v) is 4.70. The minimum absolute atomic E-state index is 0.111. The Hall–Kier alpha value is -2.41. The van der Waals surface area contributed by atoms with E-state index in [0.717, 1.165) is 34.8 Å². The number of benzene rings is 1. The zero-order valence-corrected chi connectivity index (χ0v) is 14.6. The Labute approximate surface area is 144 Å². The summed E-state index contributed by atoms with van der Waals surface area (Å²) in [6.45, 7) is 2.89. The highest BCUT2D eigenvalue weighted by Crippen LogP contribution is 2.22. The van der Waals surface area contributed by atoms with E-state index in [1.165, 1.54) is 4.70 Å². The van der Waals surface area contributed by atoms with Crippen LogP contribution in [0.4, 0.5) is 4.79 Å². The molecule has 2 aromatic heterocycles. The van der Waals surface area contributed by atoms with Gasteiger partial charge in [-0.2, -0.15) is 0 Å². The van der Waals surface area contributed by atoms with E-state index in [2.05, 4.69) is 21.5 Å². The van der Waals surface area contributed by atoms with Gasteiger partial charge in [0.1, 0.15) is 11.5 Å². The monoisotopic (exact) mass is 344 g/mol. The molecule has 0 atom stereocenters. The van der Waals surface area contributed by atoms with Crippen LogP contribution in [0.3, 0.4) is 0 Å². The number of aromatic nitrogens is 2. The summed E-state index contributed by atoms with van der Waals surface area (Å²) in [7, 11) is 1.74. The number of carbonyl (C=O) groups excluding carboxylic acids is 1. The summed E-state index contributed by atoms with van der Waals surface area (Å²) in [6.07, 6.45) is 1.73. The zero-order valence-electron chi connectivity index (χ0n) is 13.8. The molecule has 0 saturated heterocycles. The van der Waals surface area contributed by atoms with Crippen molar-refractivity contribution in [3.05, 3.63) is 46.8 Å². The molecule has 1 N–H and O–H groups in total. The van der Waals surface area contributed by atoms with Crippen LogP contribution in [0.25, 0.3) is 10.2 Å². The van der Waals surface area contributed by atoms with Crippen LogP contribution in [0.2, 0.25) is 0 Å². The van der Waals surface area contributed by atoms with E-state index in [0.29, 0.717) is 13.1 Å². The van der Waals surface area contributed by atoms with Gasteiger partial charge < -0.3 is 14.7 Å². The van der Waals surface area contributed by atoms with Crippen LogP contribution in [-0.2, 0) is 13.0 Å². The highest BCUT2D eigenvalue weighted by atomic mass is 32.1. The summed E-state index contributed by atoms with van der Waals surface area (Å²) in [6, 6.07) is 9.85. The van der Waals surface area contributed by atoms with Crippen LogP contribution < -0.4 is 5.32 Å². The molecule has 3 rings (SSSR count). The Balaban J connectivity index is 1.41. The van der Waals surface area contributed by atoms with Crippen molar-refractivity contribution in [3.8, 4) is 0 Å². The molecule has 24 heavy (non-hydrogen) atoms. The lowest BCUT2D eigenvalue weighted by Gasteiger charge is -2.16. The molecule has 0 bridgehead atoms. The number of hydrogen-bond donors (Lipinski definition) is 1. The van der Waals surface area contributed by atoms with Crippen LogP contribution in [0.15, 0.2) is 34.9 Å². The van der Waals surface area contributed by atoms with Gasteiger partial charge in [-0.05, 0) is 25.5 Å². The maximum atomic E-state index is 12.0. The van der Waals surface area contributed by atoms with Gasteiger partial charge in [-0.15, -0.1) is 11.3 Å². The quantitative estimate of drug-likeness (QED) is 0.696. The van der Waals surface area contributed by atoms with E-state index < -0.39 is 0 Å². The lowest BCUT2D eigenvalue weighted by molar-refractivity contribution is 0.205. The zero-order chi connectivity index (χ0) is 16.9. The van der Waals surface area contributed by atoms with Gasteiger partial charge in [-0.25, -0.2) is 9.78 Å². The molecule has 0 unspecified atom stereocenters. The van der Waals surface area contributed by atoms with Crippen molar-refractivity contribution in [1.29, 1.82) is 0 Å². The Kier molecular flexibility index (Phi) is 5.10. The predicted octanol–water partition coefficient (Wildman–Crippen LogP) is 3.37. The summed E-state index contributed by atoms with van der Waals surface area (Å²) in [5, 5.41) is 7.92. The Morgan fingerprint density at radius 2 is 2.21 bits per heavy atom. The predicted molar refractivity (Wildman–Crippen MR) is 94.0 cm³/mol. The summed E-state index contributed by atoms with van der Waals surface area (Å²) in [5.74, 6) is 0.745. The summed E-state index contributed by atoms with van der Waals surface area (Å²) < 4.78 is 6.21. The first-order valence-corrected chi connectivity index (χ1v) is 8.69. The lowest BCUT2D eigenvalue weighted by Crippen LogP contribution is -2.37. The molecule has 0 aliphatic heterocycles. The van der Waals surface area contributed by atoms with Gasteiger partial charge in [-0.3, -0.25) is 0 Å². The number of thiazole rings is 1. The van der Waals surface area contributed by atoms with E-state index >= 15 is 0 Å². The first kappa shape index (κ1) is 16.4. The third-order valence-electron chi connectivity index (χ3n) is 3.60. The molecule has 1 aromatic carbocycles. The Bertz CT molecular complexity index is 794. The number of fused-ring (bicyclic) bond motifs is 1. The molecule has 2 amide bonds. The van der Waals surface area contributed by atoms with Crippen molar-refractivity contribution in [2.45, 2.75) is 26.3 Å². The van der Waals surface area contributed by atoms with Gasteiger partial charge in [0.15, 0.2) is 0 Å². The van der Waals surface area contributed by atoms with Gasteiger partial charge >= 0.3 is 6.03 Å². The van der Waals surface area contributed by atoms with E-state index in [1.54, 1.807) is 23.3 Å². The van der Waals surface area contributed by atoms with Crippen LogP contribution in [0.5, 0.6) is 0 Å². The van der Waals surface area contributed by atoms with Crippen LogP contribution in [0, 0.1) is 6.92 Å². The first-order chi connectivity index (χ1) is 11.6. The normalized spacial score (nSPS) is 10.9. The molecule has 0 aliphatic carbocycles. The summed E-state index contributed by atoms with van der Waals surface area (Å²) in [4.78, 5) is 18.2. The maximum Gasteiger partial charge on any atom is 0.317 e. The van der Waals surface area contributed by atoms with E-state index in [4.69, 9.17) is 4.52 Å². The van der Waals surface area contributed by atoms with Crippen LogP contribution in [-0.4, -0.2) is 34.7 Å². The molecule has 2 heterocycles. The van der Waals surface area contributed by atoms with Crippen molar-refractivity contribution in [1.82, 2.24) is 20.4 Å². The van der Waals surface area contributed by atoms with Gasteiger partial charge in [0, 0.05) is 26.1 Å². The van der Waals surface area contributed by atoms with Crippen molar-refractivity contribution in [2.75, 3.05) is 13.6 Å².